The molecule has 0 amide bonds. The van der Waals surface area contributed by atoms with Gasteiger partial charge in [-0.3, -0.25) is 5.11 Å². The Balaban J connectivity index is 2.86. The standard InChI is InChI=1S/C8H6NO2/c10-7-3-5-1-2-9-6(5)4-8(7)11/h1-4,9-10H/p-1. The van der Waals surface area contributed by atoms with E-state index in [0.29, 0.717) is 0 Å². The van der Waals surface area contributed by atoms with Crippen molar-refractivity contribution < 1.29 is 10.2 Å². The number of aromatic nitrogens is 1. The minimum absolute atomic E-state index is 0.447. The van der Waals surface area contributed by atoms with Crippen molar-refractivity contribution in [1.29, 1.82) is 0 Å². The van der Waals surface area contributed by atoms with Crippen LogP contribution in [0.3, 0.4) is 0 Å². The summed E-state index contributed by atoms with van der Waals surface area (Å²) in [6.07, 6.45) is 1.70. The highest BCUT2D eigenvalue weighted by Gasteiger charge is 1.97. The van der Waals surface area contributed by atoms with Crippen LogP contribution in [0.4, 0.5) is 0 Å². The smallest absolute Gasteiger partial charge is 0.172 e. The molecule has 55 valence electrons. The van der Waals surface area contributed by atoms with Crippen LogP contribution in [0.2, 0.25) is 0 Å². The van der Waals surface area contributed by atoms with E-state index in [2.05, 4.69) is 4.98 Å². The van der Waals surface area contributed by atoms with Crippen LogP contribution >= 0.6 is 0 Å². The number of nitrogens with one attached hydrogen (secondary N) is 1. The first kappa shape index (κ1) is 6.09. The summed E-state index contributed by atoms with van der Waals surface area (Å²) in [6, 6.07) is 4.42. The molecule has 0 bridgehead atoms. The Bertz CT molecular complexity index is 356. The Morgan fingerprint density at radius 2 is 2.18 bits per heavy atom. The summed E-state index contributed by atoms with van der Waals surface area (Å²) in [6.45, 7) is 0. The maximum Gasteiger partial charge on any atom is 0.172 e. The van der Waals surface area contributed by atoms with Gasteiger partial charge in [0.2, 0.25) is 0 Å². The van der Waals surface area contributed by atoms with Crippen molar-refractivity contribution in [3.05, 3.63) is 24.4 Å². The zero-order valence-electron chi connectivity index (χ0n) is 5.63. The van der Waals surface area contributed by atoms with E-state index in [1.54, 1.807) is 12.3 Å². The highest BCUT2D eigenvalue weighted by Crippen LogP contribution is 2.27. The molecule has 0 saturated heterocycles. The van der Waals surface area contributed by atoms with Crippen LogP contribution in [-0.4, -0.2) is 4.98 Å². The zero-order chi connectivity index (χ0) is 7.84. The van der Waals surface area contributed by atoms with Gasteiger partial charge >= 0.3 is 0 Å². The summed E-state index contributed by atoms with van der Waals surface area (Å²) >= 11 is 0. The van der Waals surface area contributed by atoms with Crippen molar-refractivity contribution in [2.45, 2.75) is 0 Å². The van der Waals surface area contributed by atoms with Gasteiger partial charge < -0.3 is 10.1 Å². The third-order valence-corrected chi connectivity index (χ3v) is 1.62. The van der Waals surface area contributed by atoms with Crippen molar-refractivity contribution in [2.75, 3.05) is 0 Å². The molecule has 0 atom stereocenters. The van der Waals surface area contributed by atoms with Crippen molar-refractivity contribution in [3.8, 4) is 11.5 Å². The van der Waals surface area contributed by atoms with Crippen LogP contribution in [-0.2, 0) is 5.11 Å². The Labute approximate surface area is 62.9 Å². The highest BCUT2D eigenvalue weighted by atomic mass is 16.3. The average Bonchev–Trinajstić information content (AvgIpc) is 2.36. The molecular weight excluding hydrogens is 142 g/mol. The van der Waals surface area contributed by atoms with Gasteiger partial charge in [0, 0.05) is 17.8 Å². The quantitative estimate of drug-likeness (QED) is 0.601. The van der Waals surface area contributed by atoms with Crippen molar-refractivity contribution in [1.82, 2.24) is 4.98 Å². The third kappa shape index (κ3) is 0.816. The minimum Gasteiger partial charge on any atom is -0.870 e. The molecule has 0 unspecified atom stereocenters. The summed E-state index contributed by atoms with van der Waals surface area (Å²) in [4.78, 5) is 2.85. The maximum atomic E-state index is 10.8. The predicted octanol–water partition coefficient (Wildman–Crippen LogP) is 1.39. The topological polar surface area (TPSA) is 58.8 Å². The van der Waals surface area contributed by atoms with Crippen LogP contribution in [0.15, 0.2) is 24.4 Å². The normalized spacial score (nSPS) is 10.5. The van der Waals surface area contributed by atoms with E-state index in [1.165, 1.54) is 12.1 Å². The van der Waals surface area contributed by atoms with E-state index in [0.717, 1.165) is 10.9 Å². The second kappa shape index (κ2) is 1.92. The third-order valence-electron chi connectivity index (χ3n) is 1.62. The lowest BCUT2D eigenvalue weighted by atomic mass is 10.2. The molecule has 3 nitrogen and oxygen atoms in total. The molecule has 1 aromatic heterocycles. The molecule has 0 spiro atoms. The second-order valence-electron chi connectivity index (χ2n) is 2.36. The van der Waals surface area contributed by atoms with E-state index in [-0.39, 0.29) is 0 Å². The SMILES string of the molecule is [O]c1cc2[nH]ccc2cc1[O-]. The van der Waals surface area contributed by atoms with Gasteiger partial charge in [0.15, 0.2) is 5.75 Å². The van der Waals surface area contributed by atoms with Gasteiger partial charge in [-0.1, -0.05) is 11.8 Å². The van der Waals surface area contributed by atoms with Gasteiger partial charge in [-0.2, -0.15) is 0 Å². The Morgan fingerprint density at radius 1 is 1.36 bits per heavy atom. The van der Waals surface area contributed by atoms with Gasteiger partial charge in [0.25, 0.3) is 0 Å². The maximum absolute atomic E-state index is 10.8. The zero-order valence-corrected chi connectivity index (χ0v) is 5.63. The lowest BCUT2D eigenvalue weighted by Gasteiger charge is -2.04. The summed E-state index contributed by atoms with van der Waals surface area (Å²) in [5.74, 6) is -0.906. The van der Waals surface area contributed by atoms with Crippen molar-refractivity contribution in [3.63, 3.8) is 0 Å². The van der Waals surface area contributed by atoms with E-state index < -0.39 is 11.5 Å². The van der Waals surface area contributed by atoms with Gasteiger partial charge in [0.05, 0.1) is 0 Å². The van der Waals surface area contributed by atoms with E-state index in [1.807, 2.05) is 0 Å². The molecular formula is C8H5NO2-. The molecule has 0 aliphatic heterocycles. The van der Waals surface area contributed by atoms with Crippen LogP contribution in [0.25, 0.3) is 10.9 Å². The van der Waals surface area contributed by atoms with Crippen LogP contribution in [0.5, 0.6) is 11.5 Å². The number of H-pyrrole nitrogens is 1. The molecule has 0 saturated carbocycles. The fourth-order valence-electron chi connectivity index (χ4n) is 1.06. The number of benzene rings is 1. The number of fused-ring (bicyclic) bond motifs is 1. The van der Waals surface area contributed by atoms with Gasteiger partial charge in [0.1, 0.15) is 0 Å². The summed E-state index contributed by atoms with van der Waals surface area (Å²) < 4.78 is 0. The highest BCUT2D eigenvalue weighted by molar-refractivity contribution is 5.82. The molecule has 2 rings (SSSR count). The molecule has 3 heteroatoms. The number of aromatic amines is 1. The first-order valence-corrected chi connectivity index (χ1v) is 3.22. The van der Waals surface area contributed by atoms with Crippen LogP contribution in [0.1, 0.15) is 0 Å². The summed E-state index contributed by atoms with van der Waals surface area (Å²) in [5.41, 5.74) is 0.717. The minimum atomic E-state index is -0.458. The first-order valence-electron chi connectivity index (χ1n) is 3.22. The van der Waals surface area contributed by atoms with Crippen molar-refractivity contribution in [2.24, 2.45) is 0 Å². The molecule has 11 heavy (non-hydrogen) atoms. The summed E-state index contributed by atoms with van der Waals surface area (Å²) in [7, 11) is 0. The lowest BCUT2D eigenvalue weighted by molar-refractivity contribution is -0.270. The van der Waals surface area contributed by atoms with E-state index >= 15 is 0 Å². The number of hydrogen-bond acceptors (Lipinski definition) is 1. The molecule has 0 aliphatic rings. The van der Waals surface area contributed by atoms with Gasteiger partial charge in [-0.15, -0.1) is 0 Å². The van der Waals surface area contributed by atoms with Gasteiger partial charge in [-0.05, 0) is 11.5 Å². The predicted molar refractivity (Wildman–Crippen MR) is 37.9 cm³/mol. The largest absolute Gasteiger partial charge is 0.870 e. The van der Waals surface area contributed by atoms with E-state index in [9.17, 15) is 10.2 Å². The molecule has 1 radical (unpaired) electrons. The fourth-order valence-corrected chi connectivity index (χ4v) is 1.06. The van der Waals surface area contributed by atoms with Crippen molar-refractivity contribution >= 4 is 10.9 Å². The lowest BCUT2D eigenvalue weighted by Crippen LogP contribution is -1.88. The average molecular weight is 147 g/mol. The number of rotatable bonds is 0. The Morgan fingerprint density at radius 3 is 3.00 bits per heavy atom. The van der Waals surface area contributed by atoms with Crippen LogP contribution in [0, 0.1) is 0 Å². The summed E-state index contributed by atoms with van der Waals surface area (Å²) in [5, 5.41) is 22.4. The molecule has 1 aromatic carbocycles. The first-order chi connectivity index (χ1) is 5.27. The Hall–Kier alpha value is -1.64. The fraction of sp³-hybridized carbons (Fsp3) is 0. The molecule has 2 aromatic rings. The second-order valence-corrected chi connectivity index (χ2v) is 2.36. The molecule has 0 fully saturated rings. The van der Waals surface area contributed by atoms with Crippen LogP contribution < -0.4 is 5.11 Å². The molecule has 1 heterocycles. The van der Waals surface area contributed by atoms with Gasteiger partial charge in [-0.25, -0.2) is 0 Å². The number of hydrogen-bond donors (Lipinski definition) is 1. The molecule has 1 N–H and O–H groups in total. The molecule has 0 aliphatic carbocycles. The Kier molecular flexibility index (Phi) is 1.06. The van der Waals surface area contributed by atoms with E-state index in [4.69, 9.17) is 0 Å². The monoisotopic (exact) mass is 147 g/mol.